The lowest BCUT2D eigenvalue weighted by molar-refractivity contribution is -0.920. The Morgan fingerprint density at radius 1 is 0.727 bits per heavy atom. The fourth-order valence-corrected chi connectivity index (χ4v) is 5.93. The minimum absolute atomic E-state index is 0. The average molecular weight is 509 g/mol. The number of rotatable bonds is 8. The molecule has 174 valence electrons. The molecule has 3 nitrogen and oxygen atoms in total. The Morgan fingerprint density at radius 3 is 1.67 bits per heavy atom. The molecule has 2 bridgehead atoms. The largest absolute Gasteiger partial charge is 1.00 e. The second kappa shape index (κ2) is 11.0. The van der Waals surface area contributed by atoms with Crippen molar-refractivity contribution in [3.8, 4) is 0 Å². The van der Waals surface area contributed by atoms with Crippen LogP contribution in [0.5, 0.6) is 0 Å². The monoisotopic (exact) mass is 507 g/mol. The van der Waals surface area contributed by atoms with E-state index in [4.69, 9.17) is 4.74 Å². The van der Waals surface area contributed by atoms with Crippen LogP contribution in [0.2, 0.25) is 0 Å². The number of halogens is 1. The predicted octanol–water partition coefficient (Wildman–Crippen LogP) is 0.838. The molecule has 0 saturated carbocycles. The highest BCUT2D eigenvalue weighted by atomic mass is 79.9. The van der Waals surface area contributed by atoms with Gasteiger partial charge in [0.15, 0.2) is 0 Å². The molecular formula is C29H34BrNO2. The third-order valence-corrected chi connectivity index (χ3v) is 7.77. The molecule has 3 aromatic carbocycles. The highest BCUT2D eigenvalue weighted by molar-refractivity contribution is 5.34. The first-order chi connectivity index (χ1) is 15.8. The maximum Gasteiger partial charge on any atom is 0.0916 e. The molecule has 0 aromatic heterocycles. The van der Waals surface area contributed by atoms with Crippen molar-refractivity contribution in [1.29, 1.82) is 0 Å². The number of benzene rings is 3. The summed E-state index contributed by atoms with van der Waals surface area (Å²) < 4.78 is 6.71. The number of nitrogens with one attached hydrogen (secondary N) is 1. The molecule has 0 aliphatic carbocycles. The lowest BCUT2D eigenvalue weighted by Crippen LogP contribution is -3.15. The Morgan fingerprint density at radius 2 is 1.18 bits per heavy atom. The number of aliphatic hydroxyl groups excluding tert-OH is 1. The fourth-order valence-electron chi connectivity index (χ4n) is 5.93. The maximum atomic E-state index is 12.1. The Hall–Kier alpha value is -1.98. The summed E-state index contributed by atoms with van der Waals surface area (Å²) in [6, 6.07) is 31.3. The molecule has 2 atom stereocenters. The first kappa shape index (κ1) is 24.2. The van der Waals surface area contributed by atoms with Crippen LogP contribution in [0.4, 0.5) is 0 Å². The van der Waals surface area contributed by atoms with Crippen LogP contribution in [0.1, 0.15) is 41.9 Å². The topological polar surface area (TPSA) is 33.9 Å². The first-order valence-electron chi connectivity index (χ1n) is 12.0. The summed E-state index contributed by atoms with van der Waals surface area (Å²) in [7, 11) is 0. The van der Waals surface area contributed by atoms with Gasteiger partial charge in [-0.05, 0) is 16.7 Å². The lowest BCUT2D eigenvalue weighted by atomic mass is 9.64. The quantitative estimate of drug-likeness (QED) is 0.473. The minimum Gasteiger partial charge on any atom is -1.00 e. The van der Waals surface area contributed by atoms with Gasteiger partial charge in [-0.2, -0.15) is 0 Å². The zero-order chi connectivity index (χ0) is 21.8. The normalized spacial score (nSPS) is 23.6. The van der Waals surface area contributed by atoms with Gasteiger partial charge in [-0.3, -0.25) is 0 Å². The van der Waals surface area contributed by atoms with Gasteiger partial charge >= 0.3 is 0 Å². The summed E-state index contributed by atoms with van der Waals surface area (Å²) in [5, 5.41) is 12.1. The van der Waals surface area contributed by atoms with E-state index in [1.54, 1.807) is 4.90 Å². The third kappa shape index (κ3) is 5.25. The van der Waals surface area contributed by atoms with Gasteiger partial charge in [0.05, 0.1) is 38.4 Å². The van der Waals surface area contributed by atoms with Gasteiger partial charge < -0.3 is 31.7 Å². The number of quaternary nitrogens is 1. The first-order valence-corrected chi connectivity index (χ1v) is 12.0. The molecule has 3 fully saturated rings. The van der Waals surface area contributed by atoms with Crippen molar-refractivity contribution in [1.82, 2.24) is 0 Å². The van der Waals surface area contributed by atoms with E-state index >= 15 is 0 Å². The van der Waals surface area contributed by atoms with Gasteiger partial charge in [0.1, 0.15) is 0 Å². The van der Waals surface area contributed by atoms with Crippen molar-refractivity contribution < 1.29 is 31.7 Å². The van der Waals surface area contributed by atoms with Gasteiger partial charge in [0.2, 0.25) is 0 Å². The van der Waals surface area contributed by atoms with Crippen LogP contribution < -0.4 is 21.9 Å². The molecule has 3 aliphatic rings. The van der Waals surface area contributed by atoms with Crippen LogP contribution in [-0.4, -0.2) is 36.9 Å². The van der Waals surface area contributed by atoms with Crippen molar-refractivity contribution in [2.24, 2.45) is 5.41 Å². The van der Waals surface area contributed by atoms with Crippen LogP contribution in [0.15, 0.2) is 91.0 Å². The smallest absolute Gasteiger partial charge is 0.0916 e. The highest BCUT2D eigenvalue weighted by Crippen LogP contribution is 2.44. The number of fused-ring (bicyclic) bond motifs is 3. The molecule has 0 radical (unpaired) electrons. The maximum absolute atomic E-state index is 12.1. The Bertz CT molecular complexity index is 921. The van der Waals surface area contributed by atoms with E-state index in [2.05, 4.69) is 72.8 Å². The van der Waals surface area contributed by atoms with Crippen molar-refractivity contribution in [2.45, 2.75) is 44.0 Å². The van der Waals surface area contributed by atoms with Gasteiger partial charge in [0, 0.05) is 30.6 Å². The standard InChI is InChI=1S/C29H33NO2.BrH/c31-27(26(24-12-6-2-7-13-24)25-14-8-3-9-15-25)28(32-22-23-10-4-1-5-11-23)29-16-19-30(20-17-29)21-18-29;/h1-15,26-28,31H,16-22H2;1H. The van der Waals surface area contributed by atoms with Gasteiger partial charge in [0.25, 0.3) is 0 Å². The number of aliphatic hydroxyl groups is 1. The summed E-state index contributed by atoms with van der Waals surface area (Å²) >= 11 is 0. The zero-order valence-electron chi connectivity index (χ0n) is 19.1. The van der Waals surface area contributed by atoms with Crippen LogP contribution in [0, 0.1) is 5.41 Å². The number of hydrogen-bond acceptors (Lipinski definition) is 2. The van der Waals surface area contributed by atoms with E-state index in [0.717, 1.165) is 36.0 Å². The van der Waals surface area contributed by atoms with Crippen molar-refractivity contribution in [3.05, 3.63) is 108 Å². The fraction of sp³-hybridized carbons (Fsp3) is 0.379. The molecule has 4 heteroatoms. The second-order valence-corrected chi connectivity index (χ2v) is 9.62. The molecule has 3 saturated heterocycles. The van der Waals surface area contributed by atoms with Crippen molar-refractivity contribution in [2.75, 3.05) is 19.6 Å². The van der Waals surface area contributed by atoms with E-state index < -0.39 is 6.10 Å². The Labute approximate surface area is 208 Å². The van der Waals surface area contributed by atoms with E-state index in [1.165, 1.54) is 19.6 Å². The van der Waals surface area contributed by atoms with E-state index in [1.807, 2.05) is 18.2 Å². The summed E-state index contributed by atoms with van der Waals surface area (Å²) in [5.74, 6) is -0.111. The van der Waals surface area contributed by atoms with Gasteiger partial charge in [-0.1, -0.05) is 91.0 Å². The minimum atomic E-state index is -0.608. The SMILES string of the molecule is OC(C(c1ccccc1)c1ccccc1)C(OCc1ccccc1)C12CC[NH+](CC1)CC2.[Br-]. The number of ether oxygens (including phenoxy) is 1. The van der Waals surface area contributed by atoms with Crippen LogP contribution in [0.3, 0.4) is 0 Å². The molecule has 2 N–H and O–H groups in total. The highest BCUT2D eigenvalue weighted by Gasteiger charge is 2.52. The zero-order valence-corrected chi connectivity index (χ0v) is 20.7. The summed E-state index contributed by atoms with van der Waals surface area (Å²) in [5.41, 5.74) is 3.51. The average Bonchev–Trinajstić information content (AvgIpc) is 2.87. The molecule has 0 spiro atoms. The van der Waals surface area contributed by atoms with Crippen molar-refractivity contribution in [3.63, 3.8) is 0 Å². The van der Waals surface area contributed by atoms with Crippen LogP contribution in [-0.2, 0) is 11.3 Å². The Kier molecular flexibility index (Phi) is 8.02. The van der Waals surface area contributed by atoms with Crippen LogP contribution >= 0.6 is 0 Å². The molecule has 0 amide bonds. The predicted molar refractivity (Wildman–Crippen MR) is 128 cm³/mol. The molecule has 2 unspecified atom stereocenters. The molecular weight excluding hydrogens is 474 g/mol. The number of hydrogen-bond donors (Lipinski definition) is 2. The summed E-state index contributed by atoms with van der Waals surface area (Å²) in [6.07, 6.45) is 2.59. The second-order valence-electron chi connectivity index (χ2n) is 9.62. The lowest BCUT2D eigenvalue weighted by Gasteiger charge is -2.51. The molecule has 3 heterocycles. The van der Waals surface area contributed by atoms with Gasteiger partial charge in [-0.15, -0.1) is 0 Å². The third-order valence-electron chi connectivity index (χ3n) is 7.77. The summed E-state index contributed by atoms with van der Waals surface area (Å²) in [6.45, 7) is 4.12. The van der Waals surface area contributed by atoms with Gasteiger partial charge in [-0.25, -0.2) is 0 Å². The van der Waals surface area contributed by atoms with E-state index in [-0.39, 0.29) is 34.4 Å². The Balaban J connectivity index is 0.00000259. The molecule has 33 heavy (non-hydrogen) atoms. The van der Waals surface area contributed by atoms with E-state index in [0.29, 0.717) is 6.61 Å². The molecule has 3 aliphatic heterocycles. The van der Waals surface area contributed by atoms with E-state index in [9.17, 15) is 5.11 Å². The molecule has 6 rings (SSSR count). The van der Waals surface area contributed by atoms with Crippen LogP contribution in [0.25, 0.3) is 0 Å². The summed E-state index contributed by atoms with van der Waals surface area (Å²) in [4.78, 5) is 1.71. The van der Waals surface area contributed by atoms with Crippen molar-refractivity contribution >= 4 is 0 Å². The molecule has 3 aromatic rings. The number of piperidine rings is 3.